The number of aliphatic hydroxyl groups excluding tert-OH is 1. The number of aliphatic hydroxyl groups is 1. The van der Waals surface area contributed by atoms with Crippen molar-refractivity contribution in [3.05, 3.63) is 101 Å². The normalized spacial score (nSPS) is 21.9. The summed E-state index contributed by atoms with van der Waals surface area (Å²) in [7, 11) is -4.18. The molecule has 0 radical (unpaired) electrons. The number of allylic oxidation sites excluding steroid dienone is 1. The smallest absolute Gasteiger partial charge is 0.407 e. The van der Waals surface area contributed by atoms with Gasteiger partial charge < -0.3 is 35.3 Å². The molecular formula is C38H46N4O8S. The van der Waals surface area contributed by atoms with Crippen LogP contribution in [0.25, 0.3) is 5.57 Å². The van der Waals surface area contributed by atoms with Crippen LogP contribution in [0.5, 0.6) is 0 Å². The predicted octanol–water partition coefficient (Wildman–Crippen LogP) is 4.27. The van der Waals surface area contributed by atoms with Gasteiger partial charge in [-0.1, -0.05) is 74.5 Å². The Kier molecular flexibility index (Phi) is 11.4. The minimum absolute atomic E-state index is 0.0134. The molecule has 13 heteroatoms. The molecule has 3 aliphatic rings. The first-order valence-electron chi connectivity index (χ1n) is 17.4. The van der Waals surface area contributed by atoms with Crippen LogP contribution in [-0.2, 0) is 42.0 Å². The first-order valence-corrected chi connectivity index (χ1v) is 18.8. The summed E-state index contributed by atoms with van der Waals surface area (Å²) in [6, 6.07) is 22.8. The van der Waals surface area contributed by atoms with Gasteiger partial charge in [0.1, 0.15) is 6.10 Å². The van der Waals surface area contributed by atoms with Crippen LogP contribution in [0.2, 0.25) is 0 Å². The zero-order valence-corrected chi connectivity index (χ0v) is 29.9. The van der Waals surface area contributed by atoms with E-state index in [1.807, 2.05) is 74.5 Å². The van der Waals surface area contributed by atoms with Crippen molar-refractivity contribution in [1.82, 2.24) is 14.9 Å². The molecule has 272 valence electrons. The zero-order chi connectivity index (χ0) is 36.1. The largest absolute Gasteiger partial charge is 0.443 e. The van der Waals surface area contributed by atoms with Gasteiger partial charge in [0.15, 0.2) is 6.29 Å². The number of hydrogen-bond donors (Lipinski definition) is 4. The Morgan fingerprint density at radius 3 is 2.43 bits per heavy atom. The summed E-state index contributed by atoms with van der Waals surface area (Å²) >= 11 is 0. The van der Waals surface area contributed by atoms with Crippen molar-refractivity contribution in [3.8, 4) is 0 Å². The molecule has 12 nitrogen and oxygen atoms in total. The number of ether oxygens (including phenoxy) is 3. The van der Waals surface area contributed by atoms with Crippen LogP contribution < -0.4 is 16.0 Å². The highest BCUT2D eigenvalue weighted by Crippen LogP contribution is 2.36. The van der Waals surface area contributed by atoms with E-state index in [-0.39, 0.29) is 48.8 Å². The number of sulfonamides is 1. The Labute approximate surface area is 299 Å². The van der Waals surface area contributed by atoms with E-state index in [2.05, 4.69) is 16.0 Å². The van der Waals surface area contributed by atoms with Crippen molar-refractivity contribution in [2.75, 3.05) is 31.6 Å². The lowest BCUT2D eigenvalue weighted by Gasteiger charge is -2.31. The molecule has 2 saturated heterocycles. The molecule has 3 aliphatic heterocycles. The van der Waals surface area contributed by atoms with Crippen molar-refractivity contribution >= 4 is 33.3 Å². The molecule has 5 atom stereocenters. The number of amides is 2. The predicted molar refractivity (Wildman–Crippen MR) is 192 cm³/mol. The van der Waals surface area contributed by atoms with E-state index in [4.69, 9.17) is 14.2 Å². The van der Waals surface area contributed by atoms with Crippen molar-refractivity contribution in [2.45, 2.75) is 69.6 Å². The number of alkyl carbamates (subject to hydrolysis) is 1. The highest BCUT2D eigenvalue weighted by atomic mass is 32.2. The quantitative estimate of drug-likeness (QED) is 0.179. The third kappa shape index (κ3) is 8.62. The first kappa shape index (κ1) is 36.5. The van der Waals surface area contributed by atoms with Gasteiger partial charge in [0.2, 0.25) is 10.0 Å². The molecule has 2 fully saturated rings. The van der Waals surface area contributed by atoms with E-state index in [0.29, 0.717) is 42.1 Å². The maximum Gasteiger partial charge on any atom is 0.407 e. The summed E-state index contributed by atoms with van der Waals surface area (Å²) in [4.78, 5) is 26.3. The summed E-state index contributed by atoms with van der Waals surface area (Å²) in [5, 5.41) is 20.6. The van der Waals surface area contributed by atoms with Gasteiger partial charge in [-0.05, 0) is 55.0 Å². The topological polar surface area (TPSA) is 156 Å². The average Bonchev–Trinajstić information content (AvgIpc) is 3.82. The number of nitrogens with one attached hydrogen (secondary N) is 3. The van der Waals surface area contributed by atoms with E-state index in [0.717, 1.165) is 11.1 Å². The van der Waals surface area contributed by atoms with Crippen LogP contribution in [0.4, 0.5) is 10.5 Å². The summed E-state index contributed by atoms with van der Waals surface area (Å²) in [5.41, 5.74) is 3.84. The Morgan fingerprint density at radius 1 is 1.02 bits per heavy atom. The fraction of sp³-hybridized carbons (Fsp3) is 0.421. The Bertz CT molecular complexity index is 1840. The molecule has 3 aromatic carbocycles. The van der Waals surface area contributed by atoms with E-state index < -0.39 is 40.7 Å². The third-order valence-corrected chi connectivity index (χ3v) is 11.2. The van der Waals surface area contributed by atoms with Crippen molar-refractivity contribution < 1.29 is 37.3 Å². The molecular weight excluding hydrogens is 673 g/mol. The van der Waals surface area contributed by atoms with Crippen molar-refractivity contribution in [2.24, 2.45) is 11.8 Å². The van der Waals surface area contributed by atoms with Crippen LogP contribution in [-0.4, -0.2) is 80.7 Å². The van der Waals surface area contributed by atoms with E-state index in [1.54, 1.807) is 13.0 Å². The molecule has 0 aromatic heterocycles. The Morgan fingerprint density at radius 2 is 1.73 bits per heavy atom. The van der Waals surface area contributed by atoms with Gasteiger partial charge in [-0.3, -0.25) is 4.79 Å². The Hall–Kier alpha value is -4.27. The van der Waals surface area contributed by atoms with Crippen LogP contribution in [0.3, 0.4) is 0 Å². The highest BCUT2D eigenvalue weighted by molar-refractivity contribution is 7.89. The monoisotopic (exact) mass is 718 g/mol. The number of nitrogens with zero attached hydrogens (tertiary/aromatic N) is 1. The van der Waals surface area contributed by atoms with E-state index >= 15 is 0 Å². The lowest BCUT2D eigenvalue weighted by atomic mass is 10.0. The Balaban J connectivity index is 1.22. The lowest BCUT2D eigenvalue weighted by Crippen LogP contribution is -2.51. The summed E-state index contributed by atoms with van der Waals surface area (Å²) in [6.45, 7) is 6.64. The molecule has 0 bridgehead atoms. The molecule has 2 amide bonds. The molecule has 3 heterocycles. The number of carbonyl (C=O) groups excluding carboxylic acids is 2. The van der Waals surface area contributed by atoms with Gasteiger partial charge >= 0.3 is 6.09 Å². The fourth-order valence-corrected chi connectivity index (χ4v) is 8.43. The van der Waals surface area contributed by atoms with Crippen molar-refractivity contribution in [3.63, 3.8) is 0 Å². The van der Waals surface area contributed by atoms with Crippen molar-refractivity contribution in [1.29, 1.82) is 0 Å². The maximum absolute atomic E-state index is 14.4. The molecule has 6 rings (SSSR count). The summed E-state index contributed by atoms with van der Waals surface area (Å²) < 4.78 is 46.8. The second kappa shape index (κ2) is 16.0. The minimum atomic E-state index is -4.18. The molecule has 4 N–H and O–H groups in total. The van der Waals surface area contributed by atoms with Crippen LogP contribution >= 0.6 is 0 Å². The van der Waals surface area contributed by atoms with Gasteiger partial charge in [0, 0.05) is 36.6 Å². The molecule has 0 spiro atoms. The first-order chi connectivity index (χ1) is 24.5. The van der Waals surface area contributed by atoms with E-state index in [9.17, 15) is 23.1 Å². The van der Waals surface area contributed by atoms with Crippen LogP contribution in [0.15, 0.2) is 89.5 Å². The second-order valence-corrected chi connectivity index (χ2v) is 15.6. The standard InChI is InChI=1S/C38H46N4O8S/c1-24(2)21-42(22-33(43)32(18-26-10-6-4-7-11-26)41-38(45)50-34-23-49-37-29(34)16-17-48-37)51(46,47)28-14-15-31-30(19-28)35(36(44)40-31)25(3)39-20-27-12-8-5-9-13-27/h4-15,19,24,29,32-34,37,39,43H,16-18,20-23H2,1-3H3,(H,40,44)(H,41,45)/b35-25+. The van der Waals surface area contributed by atoms with Crippen LogP contribution in [0, 0.1) is 11.8 Å². The second-order valence-electron chi connectivity index (χ2n) is 13.7. The zero-order valence-electron chi connectivity index (χ0n) is 29.1. The van der Waals surface area contributed by atoms with Gasteiger partial charge in [-0.25, -0.2) is 13.2 Å². The fourth-order valence-electron chi connectivity index (χ4n) is 6.78. The molecule has 0 aliphatic carbocycles. The SMILES string of the molecule is C/C(NCc1ccccc1)=C1\C(=O)Nc2ccc(S(=O)(=O)N(CC(C)C)CC(O)C(Cc3ccccc3)NC(=O)OC3COC4OCCC34)cc21. The summed E-state index contributed by atoms with van der Waals surface area (Å²) in [6.07, 6.45) is -1.94. The number of fused-ring (bicyclic) bond motifs is 2. The molecule has 51 heavy (non-hydrogen) atoms. The number of carbonyl (C=O) groups is 2. The average molecular weight is 719 g/mol. The minimum Gasteiger partial charge on any atom is -0.443 e. The van der Waals surface area contributed by atoms with Crippen LogP contribution in [0.1, 0.15) is 43.9 Å². The number of benzene rings is 3. The number of hydrogen-bond acceptors (Lipinski definition) is 9. The van der Waals surface area contributed by atoms with Gasteiger partial charge in [0.05, 0.1) is 41.7 Å². The molecule has 5 unspecified atom stereocenters. The van der Waals surface area contributed by atoms with Gasteiger partial charge in [-0.2, -0.15) is 4.31 Å². The molecule has 0 saturated carbocycles. The number of anilines is 1. The lowest BCUT2D eigenvalue weighted by molar-refractivity contribution is -0.110. The highest BCUT2D eigenvalue weighted by Gasteiger charge is 2.44. The number of rotatable bonds is 14. The van der Waals surface area contributed by atoms with Gasteiger partial charge in [-0.15, -0.1) is 0 Å². The van der Waals surface area contributed by atoms with E-state index in [1.165, 1.54) is 16.4 Å². The maximum atomic E-state index is 14.4. The third-order valence-electron chi connectivity index (χ3n) is 9.42. The van der Waals surface area contributed by atoms with Gasteiger partial charge in [0.25, 0.3) is 5.91 Å². The molecule has 3 aromatic rings. The summed E-state index contributed by atoms with van der Waals surface area (Å²) in [5.74, 6) is -0.468.